The van der Waals surface area contributed by atoms with Gasteiger partial charge in [0.25, 0.3) is 0 Å². The molecule has 1 atom stereocenters. The molecule has 0 aliphatic rings. The van der Waals surface area contributed by atoms with Gasteiger partial charge >= 0.3 is 0 Å². The van der Waals surface area contributed by atoms with E-state index in [2.05, 4.69) is 15.9 Å². The van der Waals surface area contributed by atoms with E-state index in [1.54, 1.807) is 18.2 Å². The highest BCUT2D eigenvalue weighted by atomic mass is 79.9. The first-order chi connectivity index (χ1) is 6.56. The molecular formula is C10H10BrClO2. The van der Waals surface area contributed by atoms with Crippen molar-refractivity contribution < 1.29 is 9.90 Å². The summed E-state index contributed by atoms with van der Waals surface area (Å²) in [4.78, 5) is 11.1. The summed E-state index contributed by atoms with van der Waals surface area (Å²) < 4.78 is 0.782. The zero-order valence-corrected chi connectivity index (χ0v) is 9.97. The molecule has 0 bridgehead atoms. The zero-order valence-electron chi connectivity index (χ0n) is 7.63. The molecule has 1 N–H and O–H groups in total. The van der Waals surface area contributed by atoms with Gasteiger partial charge in [0.1, 0.15) is 5.38 Å². The fourth-order valence-corrected chi connectivity index (χ4v) is 1.89. The van der Waals surface area contributed by atoms with Crippen LogP contribution in [0.25, 0.3) is 0 Å². The summed E-state index contributed by atoms with van der Waals surface area (Å²) >= 11 is 9.22. The Morgan fingerprint density at radius 2 is 2.29 bits per heavy atom. The lowest BCUT2D eigenvalue weighted by atomic mass is 10.1. The minimum atomic E-state index is -0.657. The number of ketones is 1. The number of aliphatic hydroxyl groups is 1. The third-order valence-electron chi connectivity index (χ3n) is 1.87. The number of hydrogen-bond acceptors (Lipinski definition) is 2. The molecule has 0 aliphatic carbocycles. The summed E-state index contributed by atoms with van der Waals surface area (Å²) in [5, 5.41) is 8.27. The maximum Gasteiger partial charge on any atom is 0.152 e. The summed E-state index contributed by atoms with van der Waals surface area (Å²) in [6, 6.07) is 5.28. The lowest BCUT2D eigenvalue weighted by molar-refractivity contribution is -0.116. The largest absolute Gasteiger partial charge is 0.392 e. The molecule has 1 aromatic carbocycles. The maximum atomic E-state index is 11.1. The Kier molecular flexibility index (Phi) is 4.11. The number of aliphatic hydroxyl groups excluding tert-OH is 1. The van der Waals surface area contributed by atoms with Crippen molar-refractivity contribution in [2.45, 2.75) is 18.9 Å². The average molecular weight is 278 g/mol. The van der Waals surface area contributed by atoms with Crippen LogP contribution in [-0.4, -0.2) is 10.9 Å². The van der Waals surface area contributed by atoms with E-state index < -0.39 is 5.38 Å². The molecule has 0 saturated heterocycles. The van der Waals surface area contributed by atoms with Gasteiger partial charge in [-0.2, -0.15) is 0 Å². The van der Waals surface area contributed by atoms with Crippen LogP contribution in [0.15, 0.2) is 22.7 Å². The summed E-state index contributed by atoms with van der Waals surface area (Å²) in [5.74, 6) is -0.109. The lowest BCUT2D eigenvalue weighted by Crippen LogP contribution is -2.03. The summed E-state index contributed by atoms with van der Waals surface area (Å²) in [5.41, 5.74) is 1.45. The van der Waals surface area contributed by atoms with E-state index in [0.717, 1.165) is 10.0 Å². The Labute approximate surface area is 96.0 Å². The van der Waals surface area contributed by atoms with E-state index in [-0.39, 0.29) is 12.4 Å². The Balaban J connectivity index is 3.11. The van der Waals surface area contributed by atoms with E-state index >= 15 is 0 Å². The molecule has 76 valence electrons. The number of alkyl halides is 1. The molecule has 0 aliphatic heterocycles. The van der Waals surface area contributed by atoms with Crippen LogP contribution in [0.5, 0.6) is 0 Å². The van der Waals surface area contributed by atoms with E-state index in [9.17, 15) is 4.79 Å². The highest BCUT2D eigenvalue weighted by Crippen LogP contribution is 2.29. The fraction of sp³-hybridized carbons (Fsp3) is 0.300. The quantitative estimate of drug-likeness (QED) is 0.863. The van der Waals surface area contributed by atoms with E-state index in [1.165, 1.54) is 6.92 Å². The van der Waals surface area contributed by atoms with Crippen LogP contribution in [0.1, 0.15) is 23.4 Å². The van der Waals surface area contributed by atoms with Crippen LogP contribution in [0.4, 0.5) is 0 Å². The molecule has 4 heteroatoms. The normalized spacial score (nSPS) is 12.6. The molecular weight excluding hydrogens is 267 g/mol. The van der Waals surface area contributed by atoms with Gasteiger partial charge in [-0.25, -0.2) is 0 Å². The highest BCUT2D eigenvalue weighted by molar-refractivity contribution is 9.10. The Hall–Kier alpha value is -0.380. The standard InChI is InChI=1S/C10H10BrClO2/c1-6(14)10(12)8-4-7(5-13)2-3-9(8)11/h2-4,10,13H,5H2,1H3. The molecule has 14 heavy (non-hydrogen) atoms. The third kappa shape index (κ3) is 2.56. The van der Waals surface area contributed by atoms with Crippen LogP contribution in [-0.2, 0) is 11.4 Å². The maximum absolute atomic E-state index is 11.1. The van der Waals surface area contributed by atoms with Gasteiger partial charge < -0.3 is 5.11 Å². The van der Waals surface area contributed by atoms with Crippen molar-refractivity contribution in [1.82, 2.24) is 0 Å². The molecule has 0 amide bonds. The van der Waals surface area contributed by atoms with Gasteiger partial charge in [0.15, 0.2) is 5.78 Å². The van der Waals surface area contributed by atoms with Gasteiger partial charge in [-0.3, -0.25) is 4.79 Å². The number of carbonyl (C=O) groups excluding carboxylic acids is 1. The summed E-state index contributed by atoms with van der Waals surface area (Å²) in [6.45, 7) is 1.39. The van der Waals surface area contributed by atoms with E-state index in [1.807, 2.05) is 0 Å². The Morgan fingerprint density at radius 1 is 1.64 bits per heavy atom. The summed E-state index contributed by atoms with van der Waals surface area (Å²) in [7, 11) is 0. The van der Waals surface area contributed by atoms with Crippen LogP contribution in [0.3, 0.4) is 0 Å². The second-order valence-electron chi connectivity index (χ2n) is 2.99. The molecule has 1 rings (SSSR count). The fourth-order valence-electron chi connectivity index (χ4n) is 1.10. The minimum Gasteiger partial charge on any atom is -0.392 e. The molecule has 0 fully saturated rings. The molecule has 1 aromatic rings. The van der Waals surface area contributed by atoms with Crippen LogP contribution >= 0.6 is 27.5 Å². The van der Waals surface area contributed by atoms with E-state index in [0.29, 0.717) is 5.56 Å². The minimum absolute atomic E-state index is 0.0538. The SMILES string of the molecule is CC(=O)C(Cl)c1cc(CO)ccc1Br. The summed E-state index contributed by atoms with van der Waals surface area (Å²) in [6.07, 6.45) is 0. The molecule has 0 aromatic heterocycles. The first-order valence-electron chi connectivity index (χ1n) is 4.10. The van der Waals surface area contributed by atoms with Gasteiger partial charge in [-0.05, 0) is 24.1 Å². The number of rotatable bonds is 3. The first-order valence-corrected chi connectivity index (χ1v) is 5.33. The molecule has 0 spiro atoms. The van der Waals surface area contributed by atoms with E-state index in [4.69, 9.17) is 16.7 Å². The van der Waals surface area contributed by atoms with Crippen molar-refractivity contribution in [3.05, 3.63) is 33.8 Å². The average Bonchev–Trinajstić information content (AvgIpc) is 2.17. The van der Waals surface area contributed by atoms with Gasteiger partial charge in [0.05, 0.1) is 6.61 Å². The van der Waals surface area contributed by atoms with Crippen molar-refractivity contribution in [3.8, 4) is 0 Å². The smallest absolute Gasteiger partial charge is 0.152 e. The Bertz CT molecular complexity index is 352. The Morgan fingerprint density at radius 3 is 2.79 bits per heavy atom. The van der Waals surface area contributed by atoms with Crippen molar-refractivity contribution in [2.24, 2.45) is 0 Å². The predicted octanol–water partition coefficient (Wildman–Crippen LogP) is 2.81. The van der Waals surface area contributed by atoms with Crippen molar-refractivity contribution >= 4 is 33.3 Å². The van der Waals surface area contributed by atoms with Crippen LogP contribution < -0.4 is 0 Å². The lowest BCUT2D eigenvalue weighted by Gasteiger charge is -2.09. The van der Waals surface area contributed by atoms with Gasteiger partial charge in [-0.1, -0.05) is 28.1 Å². The number of carbonyl (C=O) groups is 1. The second kappa shape index (κ2) is 4.91. The van der Waals surface area contributed by atoms with Gasteiger partial charge in [-0.15, -0.1) is 11.6 Å². The zero-order chi connectivity index (χ0) is 10.7. The van der Waals surface area contributed by atoms with Gasteiger partial charge in [0, 0.05) is 4.47 Å². The van der Waals surface area contributed by atoms with Crippen molar-refractivity contribution in [2.75, 3.05) is 0 Å². The van der Waals surface area contributed by atoms with Gasteiger partial charge in [0.2, 0.25) is 0 Å². The monoisotopic (exact) mass is 276 g/mol. The number of halogens is 2. The molecule has 1 unspecified atom stereocenters. The topological polar surface area (TPSA) is 37.3 Å². The number of Topliss-reactive ketones (excluding diaryl/α,β-unsaturated/α-hetero) is 1. The van der Waals surface area contributed by atoms with Crippen molar-refractivity contribution in [3.63, 3.8) is 0 Å². The second-order valence-corrected chi connectivity index (χ2v) is 4.28. The molecule has 0 saturated carbocycles. The number of hydrogen-bond donors (Lipinski definition) is 1. The highest BCUT2D eigenvalue weighted by Gasteiger charge is 2.16. The molecule has 0 radical (unpaired) electrons. The predicted molar refractivity (Wildman–Crippen MR) is 59.3 cm³/mol. The molecule has 2 nitrogen and oxygen atoms in total. The third-order valence-corrected chi connectivity index (χ3v) is 3.14. The molecule has 0 heterocycles. The van der Waals surface area contributed by atoms with Crippen LogP contribution in [0.2, 0.25) is 0 Å². The first kappa shape index (κ1) is 11.7. The number of benzene rings is 1. The van der Waals surface area contributed by atoms with Crippen molar-refractivity contribution in [1.29, 1.82) is 0 Å². The van der Waals surface area contributed by atoms with Crippen LogP contribution in [0, 0.1) is 0 Å².